The van der Waals surface area contributed by atoms with Crippen LogP contribution in [0.2, 0.25) is 0 Å². The lowest BCUT2D eigenvalue weighted by Crippen LogP contribution is -2.56. The fourth-order valence-corrected chi connectivity index (χ4v) is 3.60. The van der Waals surface area contributed by atoms with Crippen molar-refractivity contribution in [1.29, 1.82) is 0 Å². The minimum absolute atomic E-state index is 0.120. The van der Waals surface area contributed by atoms with Gasteiger partial charge in [0.15, 0.2) is 6.29 Å². The number of amides is 2. The van der Waals surface area contributed by atoms with E-state index in [2.05, 4.69) is 10.3 Å². The Hall–Kier alpha value is -3.52. The van der Waals surface area contributed by atoms with Crippen LogP contribution in [0, 0.1) is 5.82 Å². The first kappa shape index (κ1) is 18.8. The van der Waals surface area contributed by atoms with E-state index in [0.29, 0.717) is 29.7 Å². The number of urea groups is 1. The highest BCUT2D eigenvalue weighted by Gasteiger charge is 2.37. The van der Waals surface area contributed by atoms with Crippen LogP contribution >= 0.6 is 0 Å². The molecule has 148 valence electrons. The maximum absolute atomic E-state index is 13.4. The molecule has 4 rings (SSSR count). The summed E-state index contributed by atoms with van der Waals surface area (Å²) in [5.74, 6) is 0.0919. The Bertz CT molecular complexity index is 1090. The number of nitrogens with zero attached hydrogens (tertiary/aromatic N) is 2. The topological polar surface area (TPSA) is 97.5 Å². The van der Waals surface area contributed by atoms with E-state index in [1.807, 2.05) is 23.1 Å². The fourth-order valence-electron chi connectivity index (χ4n) is 3.60. The van der Waals surface area contributed by atoms with Crippen molar-refractivity contribution >= 4 is 23.2 Å². The monoisotopic (exact) mass is 394 g/mol. The molecule has 2 amide bonds. The van der Waals surface area contributed by atoms with Gasteiger partial charge in [-0.25, -0.2) is 9.18 Å². The molecule has 1 atom stereocenters. The number of hydrogen-bond donors (Lipinski definition) is 2. The van der Waals surface area contributed by atoms with Gasteiger partial charge in [0, 0.05) is 36.3 Å². The maximum Gasteiger partial charge on any atom is 0.313 e. The van der Waals surface area contributed by atoms with Crippen LogP contribution in [-0.4, -0.2) is 35.5 Å². The zero-order valence-corrected chi connectivity index (χ0v) is 15.5. The van der Waals surface area contributed by atoms with Crippen LogP contribution < -0.4 is 15.8 Å². The summed E-state index contributed by atoms with van der Waals surface area (Å²) in [5, 5.41) is 3.50. The molecule has 0 saturated carbocycles. The number of fused-ring (bicyclic) bond motifs is 2. The zero-order chi connectivity index (χ0) is 20.4. The van der Waals surface area contributed by atoms with E-state index in [9.17, 15) is 14.0 Å². The Balaban J connectivity index is 1.68. The van der Waals surface area contributed by atoms with Crippen LogP contribution in [-0.2, 0) is 16.9 Å². The normalized spacial score (nSPS) is 15.8. The van der Waals surface area contributed by atoms with Gasteiger partial charge in [0.25, 0.3) is 0 Å². The van der Waals surface area contributed by atoms with Crippen LogP contribution in [0.5, 0.6) is 5.75 Å². The van der Waals surface area contributed by atoms with Gasteiger partial charge in [-0.2, -0.15) is 0 Å². The first-order valence-electron chi connectivity index (χ1n) is 9.02. The molecule has 29 heavy (non-hydrogen) atoms. The summed E-state index contributed by atoms with van der Waals surface area (Å²) >= 11 is 0. The van der Waals surface area contributed by atoms with Crippen molar-refractivity contribution in [2.45, 2.75) is 12.1 Å². The Kier molecular flexibility index (Phi) is 4.85. The predicted octanol–water partition coefficient (Wildman–Crippen LogP) is 2.29. The van der Waals surface area contributed by atoms with Crippen molar-refractivity contribution in [2.24, 2.45) is 5.73 Å². The van der Waals surface area contributed by atoms with E-state index < -0.39 is 11.6 Å². The number of rotatable bonds is 5. The summed E-state index contributed by atoms with van der Waals surface area (Å²) in [6.07, 6.45) is 2.33. The minimum atomic E-state index is -1.39. The van der Waals surface area contributed by atoms with Crippen molar-refractivity contribution in [3.63, 3.8) is 0 Å². The van der Waals surface area contributed by atoms with Crippen molar-refractivity contribution in [1.82, 2.24) is 15.2 Å². The number of carbonyl (C=O) groups excluding carboxylic acids is 2. The average Bonchev–Trinajstić information content (AvgIpc) is 2.72. The van der Waals surface area contributed by atoms with Gasteiger partial charge in [-0.05, 0) is 23.8 Å². The highest BCUT2D eigenvalue weighted by atomic mass is 19.1. The molecule has 1 aliphatic rings. The van der Waals surface area contributed by atoms with E-state index in [1.54, 1.807) is 24.4 Å². The van der Waals surface area contributed by atoms with Crippen LogP contribution in [0.3, 0.4) is 0 Å². The van der Waals surface area contributed by atoms with E-state index in [1.165, 1.54) is 12.1 Å². The molecule has 7 nitrogen and oxygen atoms in total. The molecule has 3 N–H and O–H groups in total. The largest absolute Gasteiger partial charge is 0.478 e. The highest BCUT2D eigenvalue weighted by Crippen LogP contribution is 2.29. The molecule has 1 aromatic heterocycles. The lowest BCUT2D eigenvalue weighted by atomic mass is 9.89. The predicted molar refractivity (Wildman–Crippen MR) is 105 cm³/mol. The van der Waals surface area contributed by atoms with Gasteiger partial charge in [-0.1, -0.05) is 24.3 Å². The molecule has 3 aromatic rings. The molecule has 0 saturated heterocycles. The summed E-state index contributed by atoms with van der Waals surface area (Å²) in [4.78, 5) is 30.1. The van der Waals surface area contributed by atoms with Gasteiger partial charge >= 0.3 is 6.03 Å². The Morgan fingerprint density at radius 1 is 1.31 bits per heavy atom. The third-order valence-corrected chi connectivity index (χ3v) is 4.97. The quantitative estimate of drug-likeness (QED) is 0.647. The summed E-state index contributed by atoms with van der Waals surface area (Å²) < 4.78 is 19.0. The highest BCUT2D eigenvalue weighted by molar-refractivity contribution is 5.84. The van der Waals surface area contributed by atoms with Gasteiger partial charge in [-0.3, -0.25) is 9.88 Å². The number of nitrogens with two attached hydrogens (primary N) is 1. The summed E-state index contributed by atoms with van der Waals surface area (Å²) in [6.45, 7) is 0.685. The Labute approximate surface area is 166 Å². The van der Waals surface area contributed by atoms with Crippen molar-refractivity contribution < 1.29 is 18.7 Å². The fraction of sp³-hybridized carbons (Fsp3) is 0.190. The van der Waals surface area contributed by atoms with Crippen molar-refractivity contribution in [2.75, 3.05) is 13.3 Å². The standard InChI is InChI=1S/C21H19FN4O3/c22-17-6-4-15-10-26(13-29-19(15)9-17)11-21(12-27,25-20(23)28)16-5-3-14-2-1-7-24-18(14)8-16/h1-9,12H,10-11,13H2,(H3,23,25,28). The minimum Gasteiger partial charge on any atom is -0.478 e. The van der Waals surface area contributed by atoms with Crippen molar-refractivity contribution in [3.8, 4) is 5.75 Å². The van der Waals surface area contributed by atoms with E-state index in [0.717, 1.165) is 10.9 Å². The molecule has 2 aromatic carbocycles. The number of carbonyl (C=O) groups is 2. The van der Waals surface area contributed by atoms with Crippen LogP contribution in [0.4, 0.5) is 9.18 Å². The molecule has 1 aliphatic heterocycles. The molecule has 0 bridgehead atoms. The second kappa shape index (κ2) is 7.48. The molecule has 2 heterocycles. The first-order chi connectivity index (χ1) is 14.0. The van der Waals surface area contributed by atoms with Crippen LogP contribution in [0.15, 0.2) is 54.7 Å². The number of primary amides is 1. The first-order valence-corrected chi connectivity index (χ1v) is 9.02. The molecule has 8 heteroatoms. The molecule has 0 radical (unpaired) electrons. The van der Waals surface area contributed by atoms with Gasteiger partial charge in [0.1, 0.15) is 23.8 Å². The third kappa shape index (κ3) is 3.74. The summed E-state index contributed by atoms with van der Waals surface area (Å²) in [7, 11) is 0. The maximum atomic E-state index is 13.4. The Morgan fingerprint density at radius 3 is 2.97 bits per heavy atom. The number of nitrogens with one attached hydrogen (secondary N) is 1. The molecule has 0 fully saturated rings. The van der Waals surface area contributed by atoms with Gasteiger partial charge in [0.2, 0.25) is 0 Å². The van der Waals surface area contributed by atoms with E-state index in [-0.39, 0.29) is 19.1 Å². The number of benzene rings is 2. The lowest BCUT2D eigenvalue weighted by Gasteiger charge is -2.37. The smallest absolute Gasteiger partial charge is 0.313 e. The molecule has 0 aliphatic carbocycles. The second-order valence-corrected chi connectivity index (χ2v) is 7.00. The van der Waals surface area contributed by atoms with Gasteiger partial charge < -0.3 is 20.6 Å². The van der Waals surface area contributed by atoms with Crippen LogP contribution in [0.1, 0.15) is 11.1 Å². The number of aldehydes is 1. The van der Waals surface area contributed by atoms with Gasteiger partial charge in [0.05, 0.1) is 5.52 Å². The second-order valence-electron chi connectivity index (χ2n) is 7.00. The number of ether oxygens (including phenoxy) is 1. The number of aromatic nitrogens is 1. The average molecular weight is 394 g/mol. The number of pyridine rings is 1. The lowest BCUT2D eigenvalue weighted by molar-refractivity contribution is -0.114. The SMILES string of the molecule is NC(=O)NC(C=O)(CN1COc2cc(F)ccc2C1)c1ccc2cccnc2c1. The molecular formula is C21H19FN4O3. The van der Waals surface area contributed by atoms with Gasteiger partial charge in [-0.15, -0.1) is 0 Å². The number of halogens is 1. The van der Waals surface area contributed by atoms with Crippen LogP contribution in [0.25, 0.3) is 10.9 Å². The third-order valence-electron chi connectivity index (χ3n) is 4.97. The summed E-state index contributed by atoms with van der Waals surface area (Å²) in [6, 6.07) is 12.6. The zero-order valence-electron chi connectivity index (χ0n) is 15.5. The molecule has 0 spiro atoms. The van der Waals surface area contributed by atoms with E-state index >= 15 is 0 Å². The van der Waals surface area contributed by atoms with Crippen molar-refractivity contribution in [3.05, 3.63) is 71.7 Å². The molecular weight excluding hydrogens is 375 g/mol. The Morgan fingerprint density at radius 2 is 2.17 bits per heavy atom. The molecule has 1 unspecified atom stereocenters. The summed E-state index contributed by atoms with van der Waals surface area (Å²) in [5.41, 5.74) is 6.04. The van der Waals surface area contributed by atoms with E-state index in [4.69, 9.17) is 10.5 Å². The number of hydrogen-bond acceptors (Lipinski definition) is 5.